The van der Waals surface area contributed by atoms with Crippen molar-refractivity contribution in [3.05, 3.63) is 89.5 Å². The van der Waals surface area contributed by atoms with Gasteiger partial charge in [-0.25, -0.2) is 9.37 Å². The number of carbonyl (C=O) groups is 1. The summed E-state index contributed by atoms with van der Waals surface area (Å²) in [5.41, 5.74) is 4.23. The van der Waals surface area contributed by atoms with Gasteiger partial charge in [-0.3, -0.25) is 4.79 Å². The van der Waals surface area contributed by atoms with Gasteiger partial charge < -0.3 is 10.6 Å². The molecule has 2 aromatic carbocycles. The molecular weight excluding hydrogens is 341 g/mol. The molecule has 5 heteroatoms. The van der Waals surface area contributed by atoms with Crippen LogP contribution in [0.2, 0.25) is 0 Å². The Hall–Kier alpha value is -3.21. The first kappa shape index (κ1) is 18.6. The van der Waals surface area contributed by atoms with Gasteiger partial charge in [0.25, 0.3) is 5.91 Å². The van der Waals surface area contributed by atoms with E-state index in [-0.39, 0.29) is 11.7 Å². The number of carbonyl (C=O) groups excluding carboxylic acids is 1. The average molecular weight is 363 g/mol. The lowest BCUT2D eigenvalue weighted by atomic mass is 10.1. The van der Waals surface area contributed by atoms with E-state index in [0.717, 1.165) is 29.8 Å². The molecule has 2 N–H and O–H groups in total. The number of benzene rings is 2. The van der Waals surface area contributed by atoms with Crippen LogP contribution in [0.1, 0.15) is 28.5 Å². The number of aromatic nitrogens is 1. The van der Waals surface area contributed by atoms with Crippen molar-refractivity contribution >= 4 is 17.3 Å². The van der Waals surface area contributed by atoms with E-state index in [1.54, 1.807) is 24.4 Å². The molecule has 0 atom stereocenters. The summed E-state index contributed by atoms with van der Waals surface area (Å²) in [6.45, 7) is 2.79. The Morgan fingerprint density at radius 1 is 0.926 bits per heavy atom. The van der Waals surface area contributed by atoms with E-state index in [1.165, 1.54) is 17.7 Å². The maximum absolute atomic E-state index is 12.9. The molecule has 0 unspecified atom stereocenters. The molecule has 0 radical (unpaired) electrons. The Kier molecular flexibility index (Phi) is 6.15. The van der Waals surface area contributed by atoms with Gasteiger partial charge in [0.1, 0.15) is 11.5 Å². The van der Waals surface area contributed by atoms with Crippen LogP contribution < -0.4 is 10.6 Å². The molecule has 0 aliphatic rings. The molecule has 0 aliphatic carbocycles. The summed E-state index contributed by atoms with van der Waals surface area (Å²) in [5, 5.41) is 6.09. The van der Waals surface area contributed by atoms with Gasteiger partial charge >= 0.3 is 0 Å². The van der Waals surface area contributed by atoms with Crippen molar-refractivity contribution in [3.8, 4) is 0 Å². The van der Waals surface area contributed by atoms with Crippen molar-refractivity contribution in [2.45, 2.75) is 19.8 Å². The summed E-state index contributed by atoms with van der Waals surface area (Å²) >= 11 is 0. The van der Waals surface area contributed by atoms with Gasteiger partial charge in [-0.2, -0.15) is 0 Å². The van der Waals surface area contributed by atoms with Gasteiger partial charge in [-0.1, -0.05) is 31.2 Å². The van der Waals surface area contributed by atoms with Gasteiger partial charge in [0, 0.05) is 12.2 Å². The van der Waals surface area contributed by atoms with E-state index < -0.39 is 0 Å². The zero-order valence-electron chi connectivity index (χ0n) is 15.2. The summed E-state index contributed by atoms with van der Waals surface area (Å²) in [6.07, 6.45) is 3.38. The smallest absolute Gasteiger partial charge is 0.274 e. The van der Waals surface area contributed by atoms with Crippen LogP contribution in [0.25, 0.3) is 0 Å². The molecule has 0 aliphatic heterocycles. The van der Waals surface area contributed by atoms with Crippen molar-refractivity contribution < 1.29 is 9.18 Å². The van der Waals surface area contributed by atoms with Crippen LogP contribution in [0.4, 0.5) is 15.8 Å². The number of aryl methyl sites for hydroxylation is 1. The summed E-state index contributed by atoms with van der Waals surface area (Å²) < 4.78 is 12.9. The Morgan fingerprint density at radius 3 is 2.22 bits per heavy atom. The van der Waals surface area contributed by atoms with E-state index >= 15 is 0 Å². The van der Waals surface area contributed by atoms with Crippen molar-refractivity contribution in [1.29, 1.82) is 0 Å². The number of nitrogens with zero attached hydrogens (tertiary/aromatic N) is 1. The molecule has 0 saturated heterocycles. The molecule has 3 aromatic rings. The van der Waals surface area contributed by atoms with Crippen LogP contribution in [0.5, 0.6) is 0 Å². The molecule has 4 nitrogen and oxygen atoms in total. The Morgan fingerprint density at radius 2 is 1.59 bits per heavy atom. The summed E-state index contributed by atoms with van der Waals surface area (Å²) in [7, 11) is 0. The minimum atomic E-state index is -0.239. The first-order valence-electron chi connectivity index (χ1n) is 8.98. The minimum absolute atomic E-state index is 0.230. The fourth-order valence-electron chi connectivity index (χ4n) is 2.65. The quantitative estimate of drug-likeness (QED) is 0.640. The molecule has 0 bridgehead atoms. The predicted octanol–water partition coefficient (Wildman–Crippen LogP) is 4.69. The highest BCUT2D eigenvalue weighted by atomic mass is 19.1. The number of anilines is 2. The van der Waals surface area contributed by atoms with Gasteiger partial charge in [0.15, 0.2) is 0 Å². The molecule has 27 heavy (non-hydrogen) atoms. The van der Waals surface area contributed by atoms with E-state index in [0.29, 0.717) is 12.2 Å². The van der Waals surface area contributed by atoms with Gasteiger partial charge in [0.2, 0.25) is 0 Å². The van der Waals surface area contributed by atoms with Crippen LogP contribution in [-0.2, 0) is 12.8 Å². The van der Waals surface area contributed by atoms with Gasteiger partial charge in [0.05, 0.1) is 11.9 Å². The lowest BCUT2D eigenvalue weighted by Gasteiger charge is -2.08. The topological polar surface area (TPSA) is 54.0 Å². The number of hydrogen-bond acceptors (Lipinski definition) is 3. The zero-order valence-corrected chi connectivity index (χ0v) is 15.2. The normalized spacial score (nSPS) is 10.4. The number of halogens is 1. The van der Waals surface area contributed by atoms with Crippen LogP contribution in [-0.4, -0.2) is 17.4 Å². The highest BCUT2D eigenvalue weighted by Crippen LogP contribution is 2.13. The van der Waals surface area contributed by atoms with Crippen LogP contribution >= 0.6 is 0 Å². The van der Waals surface area contributed by atoms with Gasteiger partial charge in [-0.15, -0.1) is 0 Å². The molecule has 0 spiro atoms. The monoisotopic (exact) mass is 363 g/mol. The first-order chi connectivity index (χ1) is 13.1. The van der Waals surface area contributed by atoms with E-state index in [9.17, 15) is 9.18 Å². The highest BCUT2D eigenvalue weighted by molar-refractivity contribution is 6.02. The standard InChI is InChI=1S/C22H22FN3O/c1-2-16-5-9-19(10-6-16)26-22(27)21-12-11-20(15-25-21)24-14-13-17-3-7-18(23)8-4-17/h3-12,15,24H,2,13-14H2,1H3,(H,26,27). The maximum Gasteiger partial charge on any atom is 0.274 e. The van der Waals surface area contributed by atoms with E-state index in [2.05, 4.69) is 22.5 Å². The number of rotatable bonds is 7. The molecule has 0 saturated carbocycles. The number of nitrogens with one attached hydrogen (secondary N) is 2. The average Bonchev–Trinajstić information content (AvgIpc) is 2.70. The fourth-order valence-corrected chi connectivity index (χ4v) is 2.65. The number of amides is 1. The van der Waals surface area contributed by atoms with E-state index in [4.69, 9.17) is 0 Å². The number of pyridine rings is 1. The second-order valence-corrected chi connectivity index (χ2v) is 6.24. The first-order valence-corrected chi connectivity index (χ1v) is 8.98. The lowest BCUT2D eigenvalue weighted by Crippen LogP contribution is -2.14. The third-order valence-electron chi connectivity index (χ3n) is 4.27. The van der Waals surface area contributed by atoms with Gasteiger partial charge in [-0.05, 0) is 60.4 Å². The maximum atomic E-state index is 12.9. The highest BCUT2D eigenvalue weighted by Gasteiger charge is 2.07. The SMILES string of the molecule is CCc1ccc(NC(=O)c2ccc(NCCc3ccc(F)cc3)cn2)cc1. The molecule has 138 valence electrons. The lowest BCUT2D eigenvalue weighted by molar-refractivity contribution is 0.102. The zero-order chi connectivity index (χ0) is 19.1. The van der Waals surface area contributed by atoms with Crippen molar-refractivity contribution in [2.24, 2.45) is 0 Å². The van der Waals surface area contributed by atoms with E-state index in [1.807, 2.05) is 30.3 Å². The number of hydrogen-bond donors (Lipinski definition) is 2. The van der Waals surface area contributed by atoms with Crippen LogP contribution in [0.3, 0.4) is 0 Å². The largest absolute Gasteiger partial charge is 0.383 e. The molecule has 1 heterocycles. The molecule has 1 amide bonds. The van der Waals surface area contributed by atoms with Crippen LogP contribution in [0, 0.1) is 5.82 Å². The fraction of sp³-hybridized carbons (Fsp3) is 0.182. The summed E-state index contributed by atoms with van der Waals surface area (Å²) in [5.74, 6) is -0.469. The molecule has 3 rings (SSSR count). The van der Waals surface area contributed by atoms with Crippen molar-refractivity contribution in [1.82, 2.24) is 4.98 Å². The van der Waals surface area contributed by atoms with Crippen molar-refractivity contribution in [2.75, 3.05) is 17.2 Å². The predicted molar refractivity (Wildman–Crippen MR) is 107 cm³/mol. The third kappa shape index (κ3) is 5.38. The Labute approximate surface area is 158 Å². The van der Waals surface area contributed by atoms with Crippen LogP contribution in [0.15, 0.2) is 66.9 Å². The molecule has 1 aromatic heterocycles. The third-order valence-corrected chi connectivity index (χ3v) is 4.27. The Bertz CT molecular complexity index is 875. The minimum Gasteiger partial charge on any atom is -0.383 e. The summed E-state index contributed by atoms with van der Waals surface area (Å²) in [6, 6.07) is 17.8. The molecule has 0 fully saturated rings. The van der Waals surface area contributed by atoms with Crippen molar-refractivity contribution in [3.63, 3.8) is 0 Å². The Balaban J connectivity index is 1.51. The summed E-state index contributed by atoms with van der Waals surface area (Å²) in [4.78, 5) is 16.5. The second-order valence-electron chi connectivity index (χ2n) is 6.24. The second kappa shape index (κ2) is 8.94. The molecular formula is C22H22FN3O.